The minimum Gasteiger partial charge on any atom is -0.476 e. The SMILES string of the molecule is CC(=O)N1C[C@@H](C(=O)Nc2cc(C(F)(F)F)ccc2NC2CCCCC2)Oc2ccccc21. The third-order valence-corrected chi connectivity index (χ3v) is 6.02. The molecule has 33 heavy (non-hydrogen) atoms. The van der Waals surface area contributed by atoms with E-state index in [1.807, 2.05) is 0 Å². The lowest BCUT2D eigenvalue weighted by molar-refractivity contribution is -0.137. The summed E-state index contributed by atoms with van der Waals surface area (Å²) in [5.74, 6) is -0.521. The number of benzene rings is 2. The Kier molecular flexibility index (Phi) is 6.49. The molecule has 1 fully saturated rings. The number of alkyl halides is 3. The normalized spacial score (nSPS) is 18.8. The molecule has 1 aliphatic carbocycles. The highest BCUT2D eigenvalue weighted by molar-refractivity contribution is 6.01. The van der Waals surface area contributed by atoms with E-state index in [2.05, 4.69) is 10.6 Å². The van der Waals surface area contributed by atoms with Gasteiger partial charge in [-0.3, -0.25) is 9.59 Å². The Morgan fingerprint density at radius 1 is 1.03 bits per heavy atom. The maximum atomic E-state index is 13.4. The van der Waals surface area contributed by atoms with Crippen LogP contribution in [0.5, 0.6) is 5.75 Å². The van der Waals surface area contributed by atoms with Gasteiger partial charge < -0.3 is 20.3 Å². The maximum absolute atomic E-state index is 13.4. The van der Waals surface area contributed by atoms with Crippen molar-refractivity contribution >= 4 is 28.9 Å². The molecule has 2 aromatic carbocycles. The van der Waals surface area contributed by atoms with Crippen LogP contribution in [0.3, 0.4) is 0 Å². The largest absolute Gasteiger partial charge is 0.476 e. The Balaban J connectivity index is 1.58. The van der Waals surface area contributed by atoms with Gasteiger partial charge in [-0.2, -0.15) is 13.2 Å². The molecular weight excluding hydrogens is 435 g/mol. The summed E-state index contributed by atoms with van der Waals surface area (Å²) in [6, 6.07) is 10.3. The first-order chi connectivity index (χ1) is 15.7. The van der Waals surface area contributed by atoms with Crippen LogP contribution in [0.2, 0.25) is 0 Å². The van der Waals surface area contributed by atoms with Crippen molar-refractivity contribution in [1.82, 2.24) is 0 Å². The van der Waals surface area contributed by atoms with Crippen LogP contribution in [-0.2, 0) is 15.8 Å². The summed E-state index contributed by atoms with van der Waals surface area (Å²) in [6.45, 7) is 1.35. The van der Waals surface area contributed by atoms with E-state index in [4.69, 9.17) is 4.74 Å². The zero-order chi connectivity index (χ0) is 23.6. The van der Waals surface area contributed by atoms with Crippen LogP contribution in [0, 0.1) is 0 Å². The molecule has 0 aromatic heterocycles. The van der Waals surface area contributed by atoms with Crippen molar-refractivity contribution in [2.45, 2.75) is 57.3 Å². The lowest BCUT2D eigenvalue weighted by atomic mass is 9.95. The lowest BCUT2D eigenvalue weighted by Gasteiger charge is -2.33. The molecule has 2 aliphatic rings. The number of ether oxygens (including phenoxy) is 1. The molecule has 0 radical (unpaired) electrons. The summed E-state index contributed by atoms with van der Waals surface area (Å²) in [6.07, 6.45) is -0.529. The van der Waals surface area contributed by atoms with Gasteiger partial charge in [0.2, 0.25) is 5.91 Å². The molecule has 2 amide bonds. The Morgan fingerprint density at radius 3 is 2.45 bits per heavy atom. The molecule has 2 N–H and O–H groups in total. The number of amides is 2. The van der Waals surface area contributed by atoms with E-state index in [0.717, 1.165) is 44.2 Å². The number of anilines is 3. The van der Waals surface area contributed by atoms with Crippen LogP contribution >= 0.6 is 0 Å². The van der Waals surface area contributed by atoms with Crippen LogP contribution in [-0.4, -0.2) is 30.5 Å². The number of hydrogen-bond donors (Lipinski definition) is 2. The molecular formula is C24H26F3N3O3. The van der Waals surface area contributed by atoms with Crippen LogP contribution < -0.4 is 20.3 Å². The number of carbonyl (C=O) groups excluding carboxylic acids is 2. The fourth-order valence-electron chi connectivity index (χ4n) is 4.30. The number of carbonyl (C=O) groups is 2. The smallest absolute Gasteiger partial charge is 0.416 e. The minimum absolute atomic E-state index is 0.0391. The van der Waals surface area contributed by atoms with Crippen molar-refractivity contribution in [1.29, 1.82) is 0 Å². The third-order valence-electron chi connectivity index (χ3n) is 6.02. The number of para-hydroxylation sites is 2. The molecule has 4 rings (SSSR count). The van der Waals surface area contributed by atoms with Crippen LogP contribution in [0.25, 0.3) is 0 Å². The van der Waals surface area contributed by atoms with Crippen molar-refractivity contribution in [2.75, 3.05) is 22.1 Å². The topological polar surface area (TPSA) is 70.7 Å². The van der Waals surface area contributed by atoms with E-state index >= 15 is 0 Å². The predicted molar refractivity (Wildman–Crippen MR) is 119 cm³/mol. The first-order valence-electron chi connectivity index (χ1n) is 11.0. The van der Waals surface area contributed by atoms with Crippen LogP contribution in [0.15, 0.2) is 42.5 Å². The van der Waals surface area contributed by atoms with E-state index in [1.54, 1.807) is 24.3 Å². The van der Waals surface area contributed by atoms with E-state index in [0.29, 0.717) is 17.1 Å². The average Bonchev–Trinajstić information content (AvgIpc) is 2.79. The van der Waals surface area contributed by atoms with Crippen molar-refractivity contribution in [2.24, 2.45) is 0 Å². The Labute approximate surface area is 190 Å². The number of fused-ring (bicyclic) bond motifs is 1. The fraction of sp³-hybridized carbons (Fsp3) is 0.417. The van der Waals surface area contributed by atoms with E-state index in [1.165, 1.54) is 17.9 Å². The second-order valence-electron chi connectivity index (χ2n) is 8.43. The molecule has 1 atom stereocenters. The standard InChI is InChI=1S/C24H26F3N3O3/c1-15(31)30-14-22(33-21-10-6-5-9-20(21)30)23(32)29-19-13-16(24(25,26)27)11-12-18(19)28-17-7-3-2-4-8-17/h5-6,9-13,17,22,28H,2-4,7-8,14H2,1H3,(H,29,32)/t22-/m0/s1. The number of halogens is 3. The zero-order valence-corrected chi connectivity index (χ0v) is 18.2. The molecule has 9 heteroatoms. The van der Waals surface area contributed by atoms with Crippen molar-refractivity contribution in [3.8, 4) is 5.75 Å². The molecule has 1 aliphatic heterocycles. The van der Waals surface area contributed by atoms with Gasteiger partial charge in [0.05, 0.1) is 29.2 Å². The maximum Gasteiger partial charge on any atom is 0.416 e. The molecule has 0 spiro atoms. The van der Waals surface area contributed by atoms with Gasteiger partial charge in [0.15, 0.2) is 6.10 Å². The highest BCUT2D eigenvalue weighted by Crippen LogP contribution is 2.36. The second-order valence-corrected chi connectivity index (χ2v) is 8.43. The van der Waals surface area contributed by atoms with E-state index in [9.17, 15) is 22.8 Å². The highest BCUT2D eigenvalue weighted by atomic mass is 19.4. The van der Waals surface area contributed by atoms with E-state index < -0.39 is 23.8 Å². The number of nitrogens with one attached hydrogen (secondary N) is 2. The van der Waals surface area contributed by atoms with E-state index in [-0.39, 0.29) is 24.2 Å². The van der Waals surface area contributed by atoms with Crippen molar-refractivity contribution < 1.29 is 27.5 Å². The van der Waals surface area contributed by atoms with Crippen LogP contribution in [0.1, 0.15) is 44.6 Å². The third kappa shape index (κ3) is 5.23. The Morgan fingerprint density at radius 2 is 1.76 bits per heavy atom. The summed E-state index contributed by atoms with van der Waals surface area (Å²) in [5.41, 5.74) is 0.167. The predicted octanol–water partition coefficient (Wildman–Crippen LogP) is 5.20. The van der Waals surface area contributed by atoms with Crippen molar-refractivity contribution in [3.05, 3.63) is 48.0 Å². The molecule has 1 heterocycles. The quantitative estimate of drug-likeness (QED) is 0.657. The average molecular weight is 461 g/mol. The molecule has 176 valence electrons. The second kappa shape index (κ2) is 9.33. The van der Waals surface area contributed by atoms with Gasteiger partial charge in [-0.05, 0) is 43.2 Å². The van der Waals surface area contributed by atoms with Gasteiger partial charge >= 0.3 is 6.18 Å². The van der Waals surface area contributed by atoms with Gasteiger partial charge in [-0.15, -0.1) is 0 Å². The summed E-state index contributed by atoms with van der Waals surface area (Å²) in [7, 11) is 0. The minimum atomic E-state index is -4.55. The summed E-state index contributed by atoms with van der Waals surface area (Å²) in [4.78, 5) is 26.6. The molecule has 0 bridgehead atoms. The molecule has 0 saturated heterocycles. The Hall–Kier alpha value is -3.23. The summed E-state index contributed by atoms with van der Waals surface area (Å²) < 4.78 is 45.8. The summed E-state index contributed by atoms with van der Waals surface area (Å²) in [5, 5.41) is 5.90. The highest BCUT2D eigenvalue weighted by Gasteiger charge is 2.34. The van der Waals surface area contributed by atoms with Gasteiger partial charge in [0.1, 0.15) is 5.75 Å². The fourth-order valence-corrected chi connectivity index (χ4v) is 4.30. The molecule has 6 nitrogen and oxygen atoms in total. The molecule has 0 unspecified atom stereocenters. The monoisotopic (exact) mass is 461 g/mol. The van der Waals surface area contributed by atoms with Gasteiger partial charge in [-0.25, -0.2) is 0 Å². The zero-order valence-electron chi connectivity index (χ0n) is 18.2. The first-order valence-corrected chi connectivity index (χ1v) is 11.0. The summed E-state index contributed by atoms with van der Waals surface area (Å²) >= 11 is 0. The van der Waals surface area contributed by atoms with Crippen molar-refractivity contribution in [3.63, 3.8) is 0 Å². The van der Waals surface area contributed by atoms with Gasteiger partial charge in [0, 0.05) is 13.0 Å². The number of rotatable bonds is 4. The lowest BCUT2D eigenvalue weighted by Crippen LogP contribution is -2.48. The number of hydrogen-bond acceptors (Lipinski definition) is 4. The van der Waals surface area contributed by atoms with Gasteiger partial charge in [-0.1, -0.05) is 31.4 Å². The molecule has 2 aromatic rings. The number of nitrogens with zero attached hydrogens (tertiary/aromatic N) is 1. The Bertz CT molecular complexity index is 1040. The van der Waals surface area contributed by atoms with Gasteiger partial charge in [0.25, 0.3) is 5.91 Å². The molecule has 1 saturated carbocycles. The van der Waals surface area contributed by atoms with Crippen LogP contribution in [0.4, 0.5) is 30.2 Å². The first kappa shape index (κ1) is 22.9.